The number of hydrogen-bond donors (Lipinski definition) is 0. The van der Waals surface area contributed by atoms with Crippen LogP contribution in [-0.2, 0) is 0 Å². The molecule has 0 atom stereocenters. The van der Waals surface area contributed by atoms with E-state index in [-0.39, 0.29) is 0 Å². The van der Waals surface area contributed by atoms with Crippen LogP contribution in [0.1, 0.15) is 44.9 Å². The van der Waals surface area contributed by atoms with E-state index in [0.29, 0.717) is 0 Å². The van der Waals surface area contributed by atoms with E-state index >= 15 is 0 Å². The molecule has 94 valence electrons. The van der Waals surface area contributed by atoms with Crippen LogP contribution in [0.15, 0.2) is 22.8 Å². The standard InChI is InChI=1S/C14H20BrNO/c15-13-8-9-14(16-11-13)17-10-4-2-1-3-5-12-6-7-12/h8-9,11-12H,1-7,10H2. The van der Waals surface area contributed by atoms with E-state index in [1.54, 1.807) is 6.20 Å². The molecule has 1 aromatic rings. The second-order valence-electron chi connectivity index (χ2n) is 4.81. The Morgan fingerprint density at radius 1 is 1.18 bits per heavy atom. The normalized spacial score (nSPS) is 14.9. The Hall–Kier alpha value is -0.570. The molecule has 0 saturated heterocycles. The third-order valence-corrected chi connectivity index (χ3v) is 3.62. The van der Waals surface area contributed by atoms with Crippen LogP contribution < -0.4 is 4.74 Å². The monoisotopic (exact) mass is 297 g/mol. The Labute approximate surface area is 112 Å². The van der Waals surface area contributed by atoms with Crippen LogP contribution in [0.4, 0.5) is 0 Å². The van der Waals surface area contributed by atoms with E-state index in [1.807, 2.05) is 12.1 Å². The highest BCUT2D eigenvalue weighted by Gasteiger charge is 2.19. The Balaban J connectivity index is 1.46. The number of hydrogen-bond acceptors (Lipinski definition) is 2. The number of ether oxygens (including phenoxy) is 1. The summed E-state index contributed by atoms with van der Waals surface area (Å²) in [6.07, 6.45) is 11.4. The van der Waals surface area contributed by atoms with E-state index in [2.05, 4.69) is 20.9 Å². The van der Waals surface area contributed by atoms with Crippen molar-refractivity contribution in [1.29, 1.82) is 0 Å². The lowest BCUT2D eigenvalue weighted by molar-refractivity contribution is 0.293. The third kappa shape index (κ3) is 5.53. The molecule has 3 heteroatoms. The van der Waals surface area contributed by atoms with E-state index in [0.717, 1.165) is 29.3 Å². The van der Waals surface area contributed by atoms with Crippen molar-refractivity contribution in [2.24, 2.45) is 5.92 Å². The van der Waals surface area contributed by atoms with Gasteiger partial charge in [0, 0.05) is 16.7 Å². The minimum atomic E-state index is 0.728. The highest BCUT2D eigenvalue weighted by molar-refractivity contribution is 9.10. The van der Waals surface area contributed by atoms with Crippen molar-refractivity contribution in [1.82, 2.24) is 4.98 Å². The van der Waals surface area contributed by atoms with Crippen molar-refractivity contribution in [2.75, 3.05) is 6.61 Å². The number of aromatic nitrogens is 1. The molecular formula is C14H20BrNO. The van der Waals surface area contributed by atoms with Gasteiger partial charge in [0.25, 0.3) is 0 Å². The number of nitrogens with zero attached hydrogens (tertiary/aromatic N) is 1. The van der Waals surface area contributed by atoms with E-state index < -0.39 is 0 Å². The molecule has 0 bridgehead atoms. The smallest absolute Gasteiger partial charge is 0.213 e. The summed E-state index contributed by atoms with van der Waals surface area (Å²) >= 11 is 3.35. The quantitative estimate of drug-likeness (QED) is 0.655. The summed E-state index contributed by atoms with van der Waals surface area (Å²) in [5.41, 5.74) is 0. The number of rotatable bonds is 8. The first-order valence-corrected chi connectivity index (χ1v) is 7.38. The molecule has 0 N–H and O–H groups in total. The van der Waals surface area contributed by atoms with Crippen molar-refractivity contribution in [2.45, 2.75) is 44.9 Å². The lowest BCUT2D eigenvalue weighted by atomic mass is 10.1. The molecule has 1 fully saturated rings. The van der Waals surface area contributed by atoms with Gasteiger partial charge in [0.15, 0.2) is 0 Å². The Bertz CT molecular complexity index is 321. The summed E-state index contributed by atoms with van der Waals surface area (Å²) in [5, 5.41) is 0. The van der Waals surface area contributed by atoms with Gasteiger partial charge in [-0.25, -0.2) is 4.98 Å². The zero-order valence-corrected chi connectivity index (χ0v) is 11.8. The van der Waals surface area contributed by atoms with Crippen LogP contribution in [0.2, 0.25) is 0 Å². The summed E-state index contributed by atoms with van der Waals surface area (Å²) in [6, 6.07) is 3.86. The molecule has 0 aromatic carbocycles. The summed E-state index contributed by atoms with van der Waals surface area (Å²) in [7, 11) is 0. The zero-order chi connectivity index (χ0) is 11.9. The molecule has 0 radical (unpaired) electrons. The number of halogens is 1. The molecule has 2 rings (SSSR count). The van der Waals surface area contributed by atoms with Crippen molar-refractivity contribution < 1.29 is 4.74 Å². The van der Waals surface area contributed by atoms with Gasteiger partial charge in [0.1, 0.15) is 0 Å². The fourth-order valence-corrected chi connectivity index (χ4v) is 2.15. The van der Waals surface area contributed by atoms with Crippen LogP contribution >= 0.6 is 15.9 Å². The summed E-state index contributed by atoms with van der Waals surface area (Å²) in [6.45, 7) is 0.790. The Kier molecular flexibility index (Phi) is 5.30. The van der Waals surface area contributed by atoms with E-state index in [9.17, 15) is 0 Å². The van der Waals surface area contributed by atoms with Gasteiger partial charge < -0.3 is 4.74 Å². The van der Waals surface area contributed by atoms with Crippen LogP contribution in [-0.4, -0.2) is 11.6 Å². The van der Waals surface area contributed by atoms with Crippen LogP contribution in [0.3, 0.4) is 0 Å². The minimum absolute atomic E-state index is 0.728. The van der Waals surface area contributed by atoms with Gasteiger partial charge in [0.05, 0.1) is 6.61 Å². The zero-order valence-electron chi connectivity index (χ0n) is 10.2. The van der Waals surface area contributed by atoms with Crippen LogP contribution in [0.5, 0.6) is 5.88 Å². The number of unbranched alkanes of at least 4 members (excludes halogenated alkanes) is 3. The molecule has 17 heavy (non-hydrogen) atoms. The molecule has 1 aromatic heterocycles. The fraction of sp³-hybridized carbons (Fsp3) is 0.643. The van der Waals surface area contributed by atoms with Crippen molar-refractivity contribution in [3.05, 3.63) is 22.8 Å². The maximum Gasteiger partial charge on any atom is 0.213 e. The largest absolute Gasteiger partial charge is 0.478 e. The fourth-order valence-electron chi connectivity index (χ4n) is 1.92. The molecular weight excluding hydrogens is 278 g/mol. The topological polar surface area (TPSA) is 22.1 Å². The SMILES string of the molecule is Brc1ccc(OCCCCCCC2CC2)nc1. The molecule has 0 spiro atoms. The first-order valence-electron chi connectivity index (χ1n) is 6.59. The Morgan fingerprint density at radius 3 is 2.71 bits per heavy atom. The average molecular weight is 298 g/mol. The van der Waals surface area contributed by atoms with Crippen LogP contribution in [0.25, 0.3) is 0 Å². The first-order chi connectivity index (χ1) is 8.34. The second-order valence-corrected chi connectivity index (χ2v) is 5.73. The Morgan fingerprint density at radius 2 is 2.00 bits per heavy atom. The summed E-state index contributed by atoms with van der Waals surface area (Å²) in [4.78, 5) is 4.17. The lowest BCUT2D eigenvalue weighted by Gasteiger charge is -2.05. The lowest BCUT2D eigenvalue weighted by Crippen LogP contribution is -1.98. The van der Waals surface area contributed by atoms with Crippen molar-refractivity contribution in [3.8, 4) is 5.88 Å². The first kappa shape index (κ1) is 12.9. The molecule has 0 unspecified atom stereocenters. The van der Waals surface area contributed by atoms with E-state index in [4.69, 9.17) is 4.74 Å². The second kappa shape index (κ2) is 7.00. The summed E-state index contributed by atoms with van der Waals surface area (Å²) < 4.78 is 6.56. The molecule has 1 aliphatic carbocycles. The van der Waals surface area contributed by atoms with Crippen LogP contribution in [0, 0.1) is 5.92 Å². The highest BCUT2D eigenvalue weighted by atomic mass is 79.9. The molecule has 2 nitrogen and oxygen atoms in total. The number of pyridine rings is 1. The minimum Gasteiger partial charge on any atom is -0.478 e. The van der Waals surface area contributed by atoms with Gasteiger partial charge in [-0.05, 0) is 34.3 Å². The van der Waals surface area contributed by atoms with Gasteiger partial charge in [-0.1, -0.05) is 38.5 Å². The maximum absolute atomic E-state index is 5.57. The third-order valence-electron chi connectivity index (χ3n) is 3.15. The van der Waals surface area contributed by atoms with Gasteiger partial charge in [-0.15, -0.1) is 0 Å². The van der Waals surface area contributed by atoms with Gasteiger partial charge in [-0.3, -0.25) is 0 Å². The molecule has 0 amide bonds. The maximum atomic E-state index is 5.57. The van der Waals surface area contributed by atoms with Crippen molar-refractivity contribution >= 4 is 15.9 Å². The summed E-state index contributed by atoms with van der Waals surface area (Å²) in [5.74, 6) is 1.81. The van der Waals surface area contributed by atoms with Gasteiger partial charge in [0.2, 0.25) is 5.88 Å². The predicted octanol–water partition coefficient (Wildman–Crippen LogP) is 4.58. The molecule has 0 aliphatic heterocycles. The predicted molar refractivity (Wildman–Crippen MR) is 73.2 cm³/mol. The van der Waals surface area contributed by atoms with Crippen molar-refractivity contribution in [3.63, 3.8) is 0 Å². The molecule has 1 saturated carbocycles. The average Bonchev–Trinajstić information content (AvgIpc) is 3.14. The highest BCUT2D eigenvalue weighted by Crippen LogP contribution is 2.34. The molecule has 1 heterocycles. The van der Waals surface area contributed by atoms with Gasteiger partial charge in [-0.2, -0.15) is 0 Å². The van der Waals surface area contributed by atoms with E-state index in [1.165, 1.54) is 38.5 Å². The molecule has 1 aliphatic rings. The van der Waals surface area contributed by atoms with Gasteiger partial charge >= 0.3 is 0 Å².